The molecular formula is C24H48N2Si2. The van der Waals surface area contributed by atoms with Gasteiger partial charge in [-0.15, -0.1) is 0 Å². The molecular weight excluding hydrogens is 372 g/mol. The van der Waals surface area contributed by atoms with E-state index >= 15 is 0 Å². The lowest BCUT2D eigenvalue weighted by molar-refractivity contribution is 0.198. The molecule has 4 aliphatic rings. The third-order valence-corrected chi connectivity index (χ3v) is 14.4. The van der Waals surface area contributed by atoms with Crippen molar-refractivity contribution >= 4 is 19.4 Å². The molecule has 0 saturated heterocycles. The quantitative estimate of drug-likeness (QED) is 0.506. The molecule has 28 heavy (non-hydrogen) atoms. The SMILES string of the molecule is CC([SiH2]N(C1CCCCC1)C1CCCC1)[SiH2]N(C1CCCCC1)C1CCCC1. The Kier molecular flexibility index (Phi) is 8.56. The molecule has 2 nitrogen and oxygen atoms in total. The molecule has 0 N–H and O–H groups in total. The van der Waals surface area contributed by atoms with Gasteiger partial charge in [-0.05, 0) is 56.5 Å². The summed E-state index contributed by atoms with van der Waals surface area (Å²) in [5.41, 5.74) is 0. The first kappa shape index (κ1) is 21.6. The van der Waals surface area contributed by atoms with E-state index in [0.717, 1.165) is 29.3 Å². The Morgan fingerprint density at radius 2 is 0.714 bits per heavy atom. The summed E-state index contributed by atoms with van der Waals surface area (Å²) in [5.74, 6) is 0. The largest absolute Gasteiger partial charge is 0.324 e. The Morgan fingerprint density at radius 3 is 1.00 bits per heavy atom. The highest BCUT2D eigenvalue weighted by atomic mass is 28.3. The van der Waals surface area contributed by atoms with Gasteiger partial charge in [0.15, 0.2) is 0 Å². The molecule has 4 heteroatoms. The molecule has 0 atom stereocenters. The van der Waals surface area contributed by atoms with E-state index < -0.39 is 0 Å². The Balaban J connectivity index is 1.38. The molecule has 0 unspecified atom stereocenters. The van der Waals surface area contributed by atoms with E-state index in [4.69, 9.17) is 0 Å². The lowest BCUT2D eigenvalue weighted by Crippen LogP contribution is -2.51. The minimum Gasteiger partial charge on any atom is -0.324 e. The van der Waals surface area contributed by atoms with E-state index in [2.05, 4.69) is 16.1 Å². The number of hydrogen-bond donors (Lipinski definition) is 0. The maximum absolute atomic E-state index is 3.22. The van der Waals surface area contributed by atoms with E-state index in [9.17, 15) is 0 Å². The highest BCUT2D eigenvalue weighted by Gasteiger charge is 2.34. The van der Waals surface area contributed by atoms with Crippen LogP contribution in [0, 0.1) is 0 Å². The fourth-order valence-electron chi connectivity index (χ4n) is 7.27. The average Bonchev–Trinajstić information content (AvgIpc) is 3.46. The summed E-state index contributed by atoms with van der Waals surface area (Å²) < 4.78 is 6.44. The topological polar surface area (TPSA) is 6.48 Å². The first-order chi connectivity index (χ1) is 13.8. The number of rotatable bonds is 8. The molecule has 0 aromatic heterocycles. The molecule has 0 aromatic rings. The Bertz CT molecular complexity index is 396. The molecule has 4 saturated carbocycles. The highest BCUT2D eigenvalue weighted by molar-refractivity contribution is 6.55. The van der Waals surface area contributed by atoms with E-state index in [0.29, 0.717) is 0 Å². The van der Waals surface area contributed by atoms with Crippen LogP contribution in [0.25, 0.3) is 0 Å². The lowest BCUT2D eigenvalue weighted by Gasteiger charge is -2.43. The third-order valence-electron chi connectivity index (χ3n) is 8.72. The first-order valence-corrected chi connectivity index (χ1v) is 16.2. The summed E-state index contributed by atoms with van der Waals surface area (Å²) in [4.78, 5) is 0. The smallest absolute Gasteiger partial charge is 0.0966 e. The van der Waals surface area contributed by atoms with E-state index in [1.54, 1.807) is 0 Å². The third kappa shape index (κ3) is 5.73. The predicted octanol–water partition coefficient (Wildman–Crippen LogP) is 5.07. The van der Waals surface area contributed by atoms with Gasteiger partial charge in [0.05, 0.1) is 19.4 Å². The van der Waals surface area contributed by atoms with Crippen molar-refractivity contribution in [1.29, 1.82) is 0 Å². The Morgan fingerprint density at radius 1 is 0.464 bits per heavy atom. The molecule has 0 aromatic carbocycles. The summed E-state index contributed by atoms with van der Waals surface area (Å²) in [6.07, 6.45) is 27.4. The second kappa shape index (κ2) is 11.1. The molecule has 0 spiro atoms. The second-order valence-corrected chi connectivity index (χ2v) is 17.1. The second-order valence-electron chi connectivity index (χ2n) is 11.0. The standard InChI is InChI=1S/C24H48N2Si2/c1-20(27-25(23-16-8-9-17-23)21-12-4-2-5-13-21)28-26(24-18-10-11-19-24)22-14-6-3-7-15-22/h20-24H,2-19,27-28H2,1H3. The van der Waals surface area contributed by atoms with Crippen LogP contribution in [0.15, 0.2) is 0 Å². The van der Waals surface area contributed by atoms with Crippen LogP contribution in [0.4, 0.5) is 0 Å². The summed E-state index contributed by atoms with van der Waals surface area (Å²) in [7, 11) is -0.153. The van der Waals surface area contributed by atoms with Crippen LogP contribution in [0.5, 0.6) is 0 Å². The van der Waals surface area contributed by atoms with Crippen molar-refractivity contribution in [2.45, 2.75) is 152 Å². The van der Waals surface area contributed by atoms with Gasteiger partial charge in [-0.3, -0.25) is 0 Å². The van der Waals surface area contributed by atoms with Gasteiger partial charge in [-0.25, -0.2) is 0 Å². The molecule has 4 rings (SSSR count). The Hall–Kier alpha value is 0.354. The normalized spacial score (nSPS) is 28.8. The summed E-state index contributed by atoms with van der Waals surface area (Å²) in [6, 6.07) is 3.99. The first-order valence-electron chi connectivity index (χ1n) is 13.3. The van der Waals surface area contributed by atoms with E-state index in [1.165, 1.54) is 116 Å². The van der Waals surface area contributed by atoms with Gasteiger partial charge in [-0.1, -0.05) is 71.1 Å². The maximum atomic E-state index is 3.22. The van der Waals surface area contributed by atoms with Crippen molar-refractivity contribution < 1.29 is 0 Å². The molecule has 0 radical (unpaired) electrons. The van der Waals surface area contributed by atoms with Crippen molar-refractivity contribution in [2.24, 2.45) is 0 Å². The zero-order valence-electron chi connectivity index (χ0n) is 18.9. The summed E-state index contributed by atoms with van der Waals surface area (Å²) in [6.45, 7) is 2.72. The van der Waals surface area contributed by atoms with Gasteiger partial charge in [0.1, 0.15) is 0 Å². The van der Waals surface area contributed by atoms with Gasteiger partial charge in [0.2, 0.25) is 0 Å². The fourth-order valence-corrected chi connectivity index (χ4v) is 13.6. The van der Waals surface area contributed by atoms with Crippen LogP contribution >= 0.6 is 0 Å². The van der Waals surface area contributed by atoms with Gasteiger partial charge in [-0.2, -0.15) is 0 Å². The molecule has 0 heterocycles. The number of nitrogens with zero attached hydrogens (tertiary/aromatic N) is 2. The number of hydrogen-bond acceptors (Lipinski definition) is 2. The maximum Gasteiger partial charge on any atom is 0.0966 e. The Labute approximate surface area is 180 Å². The van der Waals surface area contributed by atoms with Crippen LogP contribution in [0.1, 0.15) is 122 Å². The highest BCUT2D eigenvalue weighted by Crippen LogP contribution is 2.34. The van der Waals surface area contributed by atoms with Crippen LogP contribution in [-0.2, 0) is 0 Å². The monoisotopic (exact) mass is 420 g/mol. The lowest BCUT2D eigenvalue weighted by atomic mass is 9.94. The van der Waals surface area contributed by atoms with Crippen molar-refractivity contribution in [2.75, 3.05) is 0 Å². The fraction of sp³-hybridized carbons (Fsp3) is 1.00. The zero-order valence-corrected chi connectivity index (χ0v) is 21.8. The molecule has 162 valence electrons. The molecule has 4 aliphatic carbocycles. The van der Waals surface area contributed by atoms with Crippen molar-refractivity contribution in [3.63, 3.8) is 0 Å². The van der Waals surface area contributed by atoms with Gasteiger partial charge in [0.25, 0.3) is 0 Å². The van der Waals surface area contributed by atoms with Gasteiger partial charge in [0, 0.05) is 24.2 Å². The summed E-state index contributed by atoms with van der Waals surface area (Å²) in [5, 5.41) is 1.12. The minimum absolute atomic E-state index is 0.0764. The predicted molar refractivity (Wildman–Crippen MR) is 128 cm³/mol. The minimum atomic E-state index is -0.0764. The van der Waals surface area contributed by atoms with Crippen LogP contribution < -0.4 is 0 Å². The molecule has 0 aliphatic heterocycles. The van der Waals surface area contributed by atoms with Crippen LogP contribution in [0.2, 0.25) is 5.16 Å². The molecule has 4 fully saturated rings. The average molecular weight is 421 g/mol. The van der Waals surface area contributed by atoms with Gasteiger partial charge >= 0.3 is 0 Å². The van der Waals surface area contributed by atoms with E-state index in [1.807, 2.05) is 0 Å². The molecule has 0 amide bonds. The van der Waals surface area contributed by atoms with Crippen molar-refractivity contribution in [1.82, 2.24) is 9.13 Å². The zero-order chi connectivity index (χ0) is 19.2. The van der Waals surface area contributed by atoms with Gasteiger partial charge < -0.3 is 9.13 Å². The van der Waals surface area contributed by atoms with Crippen LogP contribution in [-0.4, -0.2) is 52.7 Å². The summed E-state index contributed by atoms with van der Waals surface area (Å²) >= 11 is 0. The molecule has 0 bridgehead atoms. The van der Waals surface area contributed by atoms with Crippen molar-refractivity contribution in [3.8, 4) is 0 Å². The van der Waals surface area contributed by atoms with Crippen molar-refractivity contribution in [3.05, 3.63) is 0 Å². The van der Waals surface area contributed by atoms with Crippen LogP contribution in [0.3, 0.4) is 0 Å². The van der Waals surface area contributed by atoms with E-state index in [-0.39, 0.29) is 19.4 Å².